The normalized spacial score (nSPS) is 14.2. The zero-order chi connectivity index (χ0) is 14.5. The van der Waals surface area contributed by atoms with Crippen molar-refractivity contribution in [2.75, 3.05) is 6.61 Å². The first-order valence-corrected chi connectivity index (χ1v) is 6.58. The van der Waals surface area contributed by atoms with E-state index < -0.39 is 11.5 Å². The second kappa shape index (κ2) is 6.57. The maximum Gasteiger partial charge on any atom is 0.323 e. The molecule has 0 saturated carbocycles. The van der Waals surface area contributed by atoms with E-state index in [2.05, 4.69) is 19.9 Å². The van der Waals surface area contributed by atoms with Crippen LogP contribution in [-0.4, -0.2) is 23.2 Å². The average molecular weight is 265 g/mol. The Bertz CT molecular complexity index is 427. The molecule has 19 heavy (non-hydrogen) atoms. The minimum atomic E-state index is -1.18. The maximum absolute atomic E-state index is 10.8. The molecular weight excluding hydrogens is 242 g/mol. The van der Waals surface area contributed by atoms with Crippen LogP contribution in [0.25, 0.3) is 0 Å². The Kier molecular flexibility index (Phi) is 5.36. The Morgan fingerprint density at radius 1 is 1.47 bits per heavy atom. The highest BCUT2D eigenvalue weighted by molar-refractivity contribution is 5.77. The highest BCUT2D eigenvalue weighted by Crippen LogP contribution is 2.20. The van der Waals surface area contributed by atoms with Crippen molar-refractivity contribution in [3.63, 3.8) is 0 Å². The molecule has 4 nitrogen and oxygen atoms in total. The van der Waals surface area contributed by atoms with Crippen LogP contribution < -0.4 is 10.5 Å². The van der Waals surface area contributed by atoms with Crippen molar-refractivity contribution in [2.24, 2.45) is 5.73 Å². The number of rotatable bonds is 7. The summed E-state index contributed by atoms with van der Waals surface area (Å²) in [6.07, 6.45) is 1.01. The fraction of sp³-hybridized carbons (Fsp3) is 0.533. The maximum atomic E-state index is 10.8. The van der Waals surface area contributed by atoms with Gasteiger partial charge in [0, 0.05) is 0 Å². The smallest absolute Gasteiger partial charge is 0.323 e. The summed E-state index contributed by atoms with van der Waals surface area (Å²) >= 11 is 0. The summed E-state index contributed by atoms with van der Waals surface area (Å²) < 4.78 is 5.62. The Balaban J connectivity index is 2.42. The third-order valence-electron chi connectivity index (χ3n) is 3.12. The highest BCUT2D eigenvalue weighted by atomic mass is 16.5. The standard InChI is InChI=1S/C15H23NO3/c1-11(2)12-6-4-7-13(10-12)19-9-5-8-15(3,16)14(17)18/h4,6-7,10-11H,5,8-9,16H2,1-3H3,(H,17,18). The van der Waals surface area contributed by atoms with Crippen molar-refractivity contribution >= 4 is 5.97 Å². The zero-order valence-corrected chi connectivity index (χ0v) is 11.8. The van der Waals surface area contributed by atoms with Crippen LogP contribution in [0.2, 0.25) is 0 Å². The Labute approximate surface area is 114 Å². The van der Waals surface area contributed by atoms with E-state index in [1.54, 1.807) is 0 Å². The van der Waals surface area contributed by atoms with E-state index in [1.807, 2.05) is 18.2 Å². The van der Waals surface area contributed by atoms with Crippen LogP contribution in [0.3, 0.4) is 0 Å². The van der Waals surface area contributed by atoms with Crippen LogP contribution in [0.1, 0.15) is 45.1 Å². The van der Waals surface area contributed by atoms with Gasteiger partial charge in [-0.1, -0.05) is 26.0 Å². The van der Waals surface area contributed by atoms with Crippen molar-refractivity contribution < 1.29 is 14.6 Å². The second-order valence-electron chi connectivity index (χ2n) is 5.40. The SMILES string of the molecule is CC(C)c1cccc(OCCCC(C)(N)C(=O)O)c1. The number of carboxylic acids is 1. The van der Waals surface area contributed by atoms with Crippen molar-refractivity contribution in [1.82, 2.24) is 0 Å². The summed E-state index contributed by atoms with van der Waals surface area (Å²) in [7, 11) is 0. The van der Waals surface area contributed by atoms with Crippen LogP contribution in [0.5, 0.6) is 5.75 Å². The minimum absolute atomic E-state index is 0.395. The fourth-order valence-electron chi connectivity index (χ4n) is 1.70. The molecule has 0 spiro atoms. The van der Waals surface area contributed by atoms with Crippen LogP contribution in [0.15, 0.2) is 24.3 Å². The van der Waals surface area contributed by atoms with Gasteiger partial charge in [-0.05, 0) is 43.4 Å². The molecule has 0 fully saturated rings. The molecule has 0 aliphatic heterocycles. The molecule has 0 heterocycles. The van der Waals surface area contributed by atoms with E-state index >= 15 is 0 Å². The van der Waals surface area contributed by atoms with Gasteiger partial charge in [0.2, 0.25) is 0 Å². The molecule has 1 aromatic rings. The summed E-state index contributed by atoms with van der Waals surface area (Å²) in [5.41, 5.74) is 5.70. The van der Waals surface area contributed by atoms with Crippen LogP contribution >= 0.6 is 0 Å². The second-order valence-corrected chi connectivity index (χ2v) is 5.40. The minimum Gasteiger partial charge on any atom is -0.494 e. The third kappa shape index (κ3) is 4.91. The van der Waals surface area contributed by atoms with Crippen molar-refractivity contribution in [1.29, 1.82) is 0 Å². The van der Waals surface area contributed by atoms with Gasteiger partial charge in [0.15, 0.2) is 0 Å². The van der Waals surface area contributed by atoms with E-state index in [0.717, 1.165) is 5.75 Å². The van der Waals surface area contributed by atoms with Crippen LogP contribution in [-0.2, 0) is 4.79 Å². The van der Waals surface area contributed by atoms with Gasteiger partial charge in [0.05, 0.1) is 6.61 Å². The highest BCUT2D eigenvalue weighted by Gasteiger charge is 2.26. The lowest BCUT2D eigenvalue weighted by Crippen LogP contribution is -2.44. The van der Waals surface area contributed by atoms with E-state index in [9.17, 15) is 4.79 Å². The van der Waals surface area contributed by atoms with Crippen molar-refractivity contribution in [2.45, 2.75) is 45.1 Å². The van der Waals surface area contributed by atoms with Crippen molar-refractivity contribution in [3.8, 4) is 5.75 Å². The van der Waals surface area contributed by atoms with Crippen LogP contribution in [0.4, 0.5) is 0 Å². The first-order chi connectivity index (χ1) is 8.83. The predicted octanol–water partition coefficient (Wildman–Crippen LogP) is 2.77. The lowest BCUT2D eigenvalue weighted by molar-refractivity contribution is -0.142. The number of nitrogens with two attached hydrogens (primary N) is 1. The molecule has 0 amide bonds. The van der Waals surface area contributed by atoms with Gasteiger partial charge in [0.25, 0.3) is 0 Å². The third-order valence-corrected chi connectivity index (χ3v) is 3.12. The molecule has 0 aliphatic rings. The summed E-state index contributed by atoms with van der Waals surface area (Å²) in [5.74, 6) is 0.303. The molecule has 1 unspecified atom stereocenters. The van der Waals surface area contributed by atoms with Gasteiger partial charge in [-0.25, -0.2) is 0 Å². The Hall–Kier alpha value is -1.55. The molecule has 106 valence electrons. The van der Waals surface area contributed by atoms with Gasteiger partial charge < -0.3 is 15.6 Å². The van der Waals surface area contributed by atoms with Crippen LogP contribution in [0, 0.1) is 0 Å². The molecule has 1 aromatic carbocycles. The van der Waals surface area contributed by atoms with Crippen molar-refractivity contribution in [3.05, 3.63) is 29.8 Å². The van der Waals surface area contributed by atoms with Gasteiger partial charge >= 0.3 is 5.97 Å². The molecule has 1 atom stereocenters. The number of carboxylic acid groups (broad SMARTS) is 1. The predicted molar refractivity (Wildman–Crippen MR) is 75.5 cm³/mol. The lowest BCUT2D eigenvalue weighted by atomic mass is 9.98. The number of carbonyl (C=O) groups is 1. The largest absolute Gasteiger partial charge is 0.494 e. The first-order valence-electron chi connectivity index (χ1n) is 6.58. The number of ether oxygens (including phenoxy) is 1. The summed E-state index contributed by atoms with van der Waals surface area (Å²) in [6.45, 7) is 6.26. The monoisotopic (exact) mass is 265 g/mol. The number of hydrogen-bond acceptors (Lipinski definition) is 3. The molecule has 0 aliphatic carbocycles. The number of hydrogen-bond donors (Lipinski definition) is 2. The molecule has 3 N–H and O–H groups in total. The van der Waals surface area contributed by atoms with E-state index in [1.165, 1.54) is 12.5 Å². The summed E-state index contributed by atoms with van der Waals surface area (Å²) in [6, 6.07) is 7.96. The van der Waals surface area contributed by atoms with Gasteiger partial charge in [0.1, 0.15) is 11.3 Å². The van der Waals surface area contributed by atoms with Gasteiger partial charge in [-0.15, -0.1) is 0 Å². The Morgan fingerprint density at radius 2 is 2.16 bits per heavy atom. The van der Waals surface area contributed by atoms with E-state index in [4.69, 9.17) is 15.6 Å². The first kappa shape index (κ1) is 15.5. The Morgan fingerprint density at radius 3 is 2.74 bits per heavy atom. The fourth-order valence-corrected chi connectivity index (χ4v) is 1.70. The average Bonchev–Trinajstić information content (AvgIpc) is 2.35. The lowest BCUT2D eigenvalue weighted by Gasteiger charge is -2.18. The molecule has 1 rings (SSSR count). The summed E-state index contributed by atoms with van der Waals surface area (Å²) in [4.78, 5) is 10.8. The molecule has 0 saturated heterocycles. The topological polar surface area (TPSA) is 72.5 Å². The molecule has 0 aromatic heterocycles. The summed E-state index contributed by atoms with van der Waals surface area (Å²) in [5, 5.41) is 8.89. The number of benzene rings is 1. The van der Waals surface area contributed by atoms with Gasteiger partial charge in [-0.3, -0.25) is 4.79 Å². The molecule has 0 radical (unpaired) electrons. The molecule has 0 bridgehead atoms. The van der Waals surface area contributed by atoms with E-state index in [-0.39, 0.29) is 0 Å². The van der Waals surface area contributed by atoms with Gasteiger partial charge in [-0.2, -0.15) is 0 Å². The quantitative estimate of drug-likeness (QED) is 0.743. The number of aliphatic carboxylic acids is 1. The molecular formula is C15H23NO3. The molecule has 4 heteroatoms. The van der Waals surface area contributed by atoms with E-state index in [0.29, 0.717) is 25.4 Å². The zero-order valence-electron chi connectivity index (χ0n) is 11.8.